The van der Waals surface area contributed by atoms with E-state index in [1.54, 1.807) is 12.1 Å². The van der Waals surface area contributed by atoms with E-state index >= 15 is 0 Å². The summed E-state index contributed by atoms with van der Waals surface area (Å²) in [6.45, 7) is 4.44. The van der Waals surface area contributed by atoms with E-state index in [2.05, 4.69) is 21.3 Å². The van der Waals surface area contributed by atoms with E-state index in [1.807, 2.05) is 0 Å². The van der Waals surface area contributed by atoms with Crippen LogP contribution in [0.1, 0.15) is 24.8 Å². The van der Waals surface area contributed by atoms with Gasteiger partial charge in [-0.05, 0) is 51.0 Å². The topological polar surface area (TPSA) is 52.0 Å². The molecule has 1 aliphatic heterocycles. The number of pyridine rings is 1. The second-order valence-electron chi connectivity index (χ2n) is 4.50. The van der Waals surface area contributed by atoms with Crippen molar-refractivity contribution in [3.05, 3.63) is 22.8 Å². The molecule has 1 aromatic heterocycles. The summed E-state index contributed by atoms with van der Waals surface area (Å²) in [7, 11) is 0. The van der Waals surface area contributed by atoms with E-state index in [0.717, 1.165) is 19.5 Å². The molecule has 0 unspecified atom stereocenters. The van der Waals surface area contributed by atoms with Gasteiger partial charge in [0.2, 0.25) is 0 Å². The molecule has 1 fully saturated rings. The Balaban J connectivity index is 1.75. The minimum atomic E-state index is 0.357. The molecular formula is C13H17ClN4. The fourth-order valence-electron chi connectivity index (χ4n) is 2.18. The third-order valence-electron chi connectivity index (χ3n) is 3.08. The second kappa shape index (κ2) is 6.58. The zero-order valence-corrected chi connectivity index (χ0v) is 11.1. The molecular weight excluding hydrogens is 248 g/mol. The largest absolute Gasteiger partial charge is 0.370 e. The molecule has 0 spiro atoms. The summed E-state index contributed by atoms with van der Waals surface area (Å²) in [4.78, 5) is 6.62. The molecule has 0 amide bonds. The molecule has 1 N–H and O–H groups in total. The van der Waals surface area contributed by atoms with Gasteiger partial charge < -0.3 is 10.2 Å². The molecule has 4 nitrogen and oxygen atoms in total. The molecule has 0 aromatic carbocycles. The highest BCUT2D eigenvalue weighted by molar-refractivity contribution is 6.29. The fourth-order valence-corrected chi connectivity index (χ4v) is 2.39. The molecule has 1 saturated heterocycles. The number of aromatic nitrogens is 1. The lowest BCUT2D eigenvalue weighted by atomic mass is 10.3. The summed E-state index contributed by atoms with van der Waals surface area (Å²) in [6, 6.07) is 5.36. The summed E-state index contributed by atoms with van der Waals surface area (Å²) in [5, 5.41) is 12.4. The number of nitriles is 1. The molecule has 18 heavy (non-hydrogen) atoms. The van der Waals surface area contributed by atoms with Crippen LogP contribution in [0.5, 0.6) is 0 Å². The van der Waals surface area contributed by atoms with Crippen molar-refractivity contribution in [3.8, 4) is 6.07 Å². The third kappa shape index (κ3) is 3.86. The predicted octanol–water partition coefficient (Wildman–Crippen LogP) is 2.50. The van der Waals surface area contributed by atoms with Crippen LogP contribution in [0.2, 0.25) is 5.15 Å². The Kier molecular flexibility index (Phi) is 4.80. The van der Waals surface area contributed by atoms with Gasteiger partial charge in [0.25, 0.3) is 0 Å². The van der Waals surface area contributed by atoms with Crippen molar-refractivity contribution >= 4 is 17.4 Å². The molecule has 1 aliphatic rings. The molecule has 0 aliphatic carbocycles. The van der Waals surface area contributed by atoms with Crippen LogP contribution in [-0.4, -0.2) is 36.1 Å². The highest BCUT2D eigenvalue weighted by Crippen LogP contribution is 2.14. The van der Waals surface area contributed by atoms with E-state index in [1.165, 1.54) is 25.9 Å². The Morgan fingerprint density at radius 1 is 1.39 bits per heavy atom. The first kappa shape index (κ1) is 13.1. The second-order valence-corrected chi connectivity index (χ2v) is 4.89. The number of anilines is 1. The first-order valence-electron chi connectivity index (χ1n) is 6.32. The van der Waals surface area contributed by atoms with Crippen molar-refractivity contribution in [1.29, 1.82) is 5.26 Å². The predicted molar refractivity (Wildman–Crippen MR) is 72.7 cm³/mol. The highest BCUT2D eigenvalue weighted by atomic mass is 35.5. The summed E-state index contributed by atoms with van der Waals surface area (Å²) < 4.78 is 0. The number of nitrogens with one attached hydrogen (secondary N) is 1. The van der Waals surface area contributed by atoms with Gasteiger partial charge in [-0.25, -0.2) is 4.98 Å². The van der Waals surface area contributed by atoms with Crippen LogP contribution >= 0.6 is 11.6 Å². The monoisotopic (exact) mass is 264 g/mol. The third-order valence-corrected chi connectivity index (χ3v) is 3.27. The minimum absolute atomic E-state index is 0.357. The fraction of sp³-hybridized carbons (Fsp3) is 0.538. The number of hydrogen-bond acceptors (Lipinski definition) is 4. The Bertz CT molecular complexity index is 435. The van der Waals surface area contributed by atoms with Crippen molar-refractivity contribution in [1.82, 2.24) is 9.88 Å². The molecule has 0 bridgehead atoms. The molecule has 1 aromatic rings. The van der Waals surface area contributed by atoms with Gasteiger partial charge in [-0.1, -0.05) is 11.6 Å². The normalized spacial score (nSPS) is 15.6. The smallest absolute Gasteiger partial charge is 0.132 e. The van der Waals surface area contributed by atoms with E-state index in [9.17, 15) is 0 Å². The van der Waals surface area contributed by atoms with Crippen LogP contribution in [-0.2, 0) is 0 Å². The van der Waals surface area contributed by atoms with Crippen molar-refractivity contribution in [2.24, 2.45) is 0 Å². The lowest BCUT2D eigenvalue weighted by molar-refractivity contribution is 0.337. The van der Waals surface area contributed by atoms with Gasteiger partial charge in [0.05, 0.1) is 11.6 Å². The van der Waals surface area contributed by atoms with E-state index < -0.39 is 0 Å². The standard InChI is InChI=1S/C13H17ClN4/c14-12-8-11(10-15)9-13(17-12)16-4-3-7-18-5-1-2-6-18/h8-9H,1-7H2,(H,16,17). The maximum absolute atomic E-state index is 8.83. The lowest BCUT2D eigenvalue weighted by Gasteiger charge is -2.14. The van der Waals surface area contributed by atoms with Gasteiger partial charge in [0.1, 0.15) is 11.0 Å². The Morgan fingerprint density at radius 2 is 2.17 bits per heavy atom. The van der Waals surface area contributed by atoms with Gasteiger partial charge in [-0.2, -0.15) is 5.26 Å². The molecule has 2 heterocycles. The van der Waals surface area contributed by atoms with Crippen LogP contribution in [0.25, 0.3) is 0 Å². The number of rotatable bonds is 5. The summed E-state index contributed by atoms with van der Waals surface area (Å²) >= 11 is 5.83. The molecule has 2 rings (SSSR count). The van der Waals surface area contributed by atoms with Crippen LogP contribution in [0, 0.1) is 11.3 Å². The van der Waals surface area contributed by atoms with Gasteiger partial charge >= 0.3 is 0 Å². The van der Waals surface area contributed by atoms with Crippen molar-refractivity contribution < 1.29 is 0 Å². The highest BCUT2D eigenvalue weighted by Gasteiger charge is 2.10. The van der Waals surface area contributed by atoms with Gasteiger partial charge in [0.15, 0.2) is 0 Å². The van der Waals surface area contributed by atoms with Crippen molar-refractivity contribution in [3.63, 3.8) is 0 Å². The van der Waals surface area contributed by atoms with Crippen LogP contribution in [0.15, 0.2) is 12.1 Å². The van der Waals surface area contributed by atoms with Crippen LogP contribution in [0.4, 0.5) is 5.82 Å². The molecule has 5 heteroatoms. The maximum Gasteiger partial charge on any atom is 0.132 e. The zero-order chi connectivity index (χ0) is 12.8. The number of likely N-dealkylation sites (tertiary alicyclic amines) is 1. The first-order valence-corrected chi connectivity index (χ1v) is 6.69. The van der Waals surface area contributed by atoms with Gasteiger partial charge in [-0.15, -0.1) is 0 Å². The molecule has 0 atom stereocenters. The van der Waals surface area contributed by atoms with Crippen LogP contribution in [0.3, 0.4) is 0 Å². The summed E-state index contributed by atoms with van der Waals surface area (Å²) in [5.74, 6) is 0.681. The summed E-state index contributed by atoms with van der Waals surface area (Å²) in [5.41, 5.74) is 0.539. The lowest BCUT2D eigenvalue weighted by Crippen LogP contribution is -2.22. The average Bonchev–Trinajstić information content (AvgIpc) is 2.87. The quantitative estimate of drug-likeness (QED) is 0.656. The van der Waals surface area contributed by atoms with Gasteiger partial charge in [-0.3, -0.25) is 0 Å². The zero-order valence-electron chi connectivity index (χ0n) is 10.3. The Labute approximate surface area is 113 Å². The van der Waals surface area contributed by atoms with Crippen molar-refractivity contribution in [2.75, 3.05) is 31.5 Å². The van der Waals surface area contributed by atoms with Crippen molar-refractivity contribution in [2.45, 2.75) is 19.3 Å². The number of hydrogen-bond donors (Lipinski definition) is 1. The minimum Gasteiger partial charge on any atom is -0.370 e. The first-order chi connectivity index (χ1) is 8.78. The molecule has 0 radical (unpaired) electrons. The van der Waals surface area contributed by atoms with Crippen LogP contribution < -0.4 is 5.32 Å². The van der Waals surface area contributed by atoms with E-state index in [-0.39, 0.29) is 0 Å². The molecule has 0 saturated carbocycles. The molecule has 96 valence electrons. The Hall–Kier alpha value is -1.31. The number of nitrogens with zero attached hydrogens (tertiary/aromatic N) is 3. The maximum atomic E-state index is 8.83. The van der Waals surface area contributed by atoms with Gasteiger partial charge in [0, 0.05) is 6.54 Å². The van der Waals surface area contributed by atoms with E-state index in [0.29, 0.717) is 16.5 Å². The summed E-state index contributed by atoms with van der Waals surface area (Å²) in [6.07, 6.45) is 3.74. The number of halogens is 1. The van der Waals surface area contributed by atoms with E-state index in [4.69, 9.17) is 16.9 Å². The average molecular weight is 265 g/mol. The SMILES string of the molecule is N#Cc1cc(Cl)nc(NCCCN2CCCC2)c1. The Morgan fingerprint density at radius 3 is 2.89 bits per heavy atom.